The molecule has 0 aliphatic rings. The van der Waals surface area contributed by atoms with Crippen LogP contribution in [0.5, 0.6) is 0 Å². The van der Waals surface area contributed by atoms with Crippen molar-refractivity contribution in [3.8, 4) is 17.1 Å². The second-order valence-electron chi connectivity index (χ2n) is 6.84. The third-order valence-electron chi connectivity index (χ3n) is 4.75. The number of nitrogens with zero attached hydrogens (tertiary/aromatic N) is 4. The van der Waals surface area contributed by atoms with Crippen LogP contribution in [0.1, 0.15) is 33.2 Å². The summed E-state index contributed by atoms with van der Waals surface area (Å²) in [6.45, 7) is 5.27. The van der Waals surface area contributed by atoms with Gasteiger partial charge in [0.2, 0.25) is 5.82 Å². The number of hydrogen-bond acceptors (Lipinski definition) is 6. The van der Waals surface area contributed by atoms with Gasteiger partial charge in [-0.1, -0.05) is 29.4 Å². The minimum atomic E-state index is -0.547. The quantitative estimate of drug-likeness (QED) is 0.459. The highest BCUT2D eigenvalue weighted by atomic mass is 19.1. The molecule has 0 radical (unpaired) electrons. The molecule has 4 aromatic rings. The molecule has 4 rings (SSSR count). The first-order valence-electron chi connectivity index (χ1n) is 9.32. The molecule has 2 aromatic heterocycles. The zero-order valence-corrected chi connectivity index (χ0v) is 16.7. The predicted octanol–water partition coefficient (Wildman–Crippen LogP) is 4.34. The lowest BCUT2D eigenvalue weighted by Crippen LogP contribution is -2.08. The molecule has 0 aliphatic heterocycles. The van der Waals surface area contributed by atoms with E-state index in [1.165, 1.54) is 12.1 Å². The molecule has 2 aromatic carbocycles. The van der Waals surface area contributed by atoms with Gasteiger partial charge in [0.15, 0.2) is 6.61 Å². The molecule has 2 heterocycles. The smallest absolute Gasteiger partial charge is 0.342 e. The number of hydrogen-bond donors (Lipinski definition) is 0. The number of carbonyl (C=O) groups is 1. The molecule has 7 nitrogen and oxygen atoms in total. The van der Waals surface area contributed by atoms with E-state index in [1.807, 2.05) is 31.2 Å². The van der Waals surface area contributed by atoms with Gasteiger partial charge >= 0.3 is 5.97 Å². The molecular weight excluding hydrogens is 387 g/mol. The highest BCUT2D eigenvalue weighted by Gasteiger charge is 2.22. The first-order valence-corrected chi connectivity index (χ1v) is 9.32. The number of carbonyl (C=O) groups excluding carboxylic acids is 1. The number of esters is 1. The van der Waals surface area contributed by atoms with E-state index in [9.17, 15) is 9.18 Å². The minimum Gasteiger partial charge on any atom is -0.452 e. The predicted molar refractivity (Wildman–Crippen MR) is 107 cm³/mol. The van der Waals surface area contributed by atoms with Crippen molar-refractivity contribution in [2.45, 2.75) is 27.4 Å². The lowest BCUT2D eigenvalue weighted by atomic mass is 10.1. The summed E-state index contributed by atoms with van der Waals surface area (Å²) in [5, 5.41) is 8.34. The van der Waals surface area contributed by atoms with Gasteiger partial charge in [-0.3, -0.25) is 0 Å². The second kappa shape index (κ2) is 7.90. The summed E-state index contributed by atoms with van der Waals surface area (Å²) >= 11 is 0. The fourth-order valence-electron chi connectivity index (χ4n) is 3.22. The fourth-order valence-corrected chi connectivity index (χ4v) is 3.22. The Morgan fingerprint density at radius 3 is 2.57 bits per heavy atom. The number of aromatic nitrogens is 4. The zero-order valence-electron chi connectivity index (χ0n) is 16.7. The average Bonchev–Trinajstić information content (AvgIpc) is 3.31. The standard InChI is InChI=1S/C22H19FN4O3/c1-13-6-4-5-7-18(13)21-24-19(30-26-21)12-29-22(28)20-14(2)25-27(15(20)3)17-10-8-16(23)9-11-17/h4-11H,12H2,1-3H3. The van der Waals surface area contributed by atoms with Crippen molar-refractivity contribution in [2.24, 2.45) is 0 Å². The number of halogens is 1. The van der Waals surface area contributed by atoms with Gasteiger partial charge in [0.1, 0.15) is 11.4 Å². The van der Waals surface area contributed by atoms with Crippen LogP contribution in [0.15, 0.2) is 53.1 Å². The molecule has 0 spiro atoms. The maximum atomic E-state index is 13.2. The summed E-state index contributed by atoms with van der Waals surface area (Å²) in [4.78, 5) is 17.0. The summed E-state index contributed by atoms with van der Waals surface area (Å²) in [7, 11) is 0. The van der Waals surface area contributed by atoms with E-state index in [0.717, 1.165) is 11.1 Å². The van der Waals surface area contributed by atoms with Gasteiger partial charge in [-0.15, -0.1) is 0 Å². The largest absolute Gasteiger partial charge is 0.452 e. The average molecular weight is 406 g/mol. The summed E-state index contributed by atoms with van der Waals surface area (Å²) < 4.78 is 25.4. The van der Waals surface area contributed by atoms with Gasteiger partial charge in [0.25, 0.3) is 5.89 Å². The van der Waals surface area contributed by atoms with E-state index in [-0.39, 0.29) is 18.3 Å². The molecule has 0 bridgehead atoms. The third-order valence-corrected chi connectivity index (χ3v) is 4.75. The van der Waals surface area contributed by atoms with Gasteiger partial charge in [-0.2, -0.15) is 10.1 Å². The summed E-state index contributed by atoms with van der Waals surface area (Å²) in [6.07, 6.45) is 0. The lowest BCUT2D eigenvalue weighted by Gasteiger charge is -2.05. The maximum absolute atomic E-state index is 13.2. The van der Waals surface area contributed by atoms with Crippen molar-refractivity contribution in [1.82, 2.24) is 19.9 Å². The highest BCUT2D eigenvalue weighted by molar-refractivity contribution is 5.92. The van der Waals surface area contributed by atoms with Crippen LogP contribution in [0, 0.1) is 26.6 Å². The van der Waals surface area contributed by atoms with Gasteiger partial charge in [-0.25, -0.2) is 13.9 Å². The van der Waals surface area contributed by atoms with Crippen molar-refractivity contribution in [3.05, 3.63) is 82.8 Å². The third kappa shape index (κ3) is 3.71. The van der Waals surface area contributed by atoms with E-state index in [1.54, 1.807) is 30.7 Å². The Morgan fingerprint density at radius 1 is 1.10 bits per heavy atom. The molecule has 0 saturated carbocycles. The number of rotatable bonds is 5. The van der Waals surface area contributed by atoms with E-state index >= 15 is 0 Å². The molecule has 30 heavy (non-hydrogen) atoms. The molecule has 0 N–H and O–H groups in total. The molecule has 0 fully saturated rings. The molecule has 8 heteroatoms. The summed E-state index contributed by atoms with van der Waals surface area (Å²) in [6, 6.07) is 13.5. The van der Waals surface area contributed by atoms with Crippen LogP contribution >= 0.6 is 0 Å². The van der Waals surface area contributed by atoms with Crippen molar-refractivity contribution in [2.75, 3.05) is 0 Å². The van der Waals surface area contributed by atoms with Crippen LogP contribution in [0.25, 0.3) is 17.1 Å². The first kappa shape index (κ1) is 19.5. The Bertz CT molecular complexity index is 1210. The Balaban J connectivity index is 1.50. The first-order chi connectivity index (χ1) is 14.4. The topological polar surface area (TPSA) is 83.0 Å². The molecular formula is C22H19FN4O3. The number of ether oxygens (including phenoxy) is 1. The highest BCUT2D eigenvalue weighted by Crippen LogP contribution is 2.22. The van der Waals surface area contributed by atoms with E-state index in [4.69, 9.17) is 9.26 Å². The number of aryl methyl sites for hydroxylation is 2. The molecule has 0 aliphatic carbocycles. The van der Waals surface area contributed by atoms with Crippen LogP contribution in [0.2, 0.25) is 0 Å². The molecule has 0 amide bonds. The number of benzene rings is 2. The van der Waals surface area contributed by atoms with Crippen LogP contribution in [0.4, 0.5) is 4.39 Å². The summed E-state index contributed by atoms with van der Waals surface area (Å²) in [5.74, 6) is -0.253. The molecule has 0 unspecified atom stereocenters. The molecule has 0 atom stereocenters. The van der Waals surface area contributed by atoms with E-state index in [2.05, 4.69) is 15.2 Å². The van der Waals surface area contributed by atoms with Crippen LogP contribution in [-0.4, -0.2) is 25.9 Å². The van der Waals surface area contributed by atoms with Crippen molar-refractivity contribution in [3.63, 3.8) is 0 Å². The monoisotopic (exact) mass is 406 g/mol. The van der Waals surface area contributed by atoms with Gasteiger partial charge in [0.05, 0.1) is 17.1 Å². The van der Waals surface area contributed by atoms with Crippen molar-refractivity contribution < 1.29 is 18.4 Å². The molecule has 152 valence electrons. The normalized spacial score (nSPS) is 10.9. The fraction of sp³-hybridized carbons (Fsp3) is 0.182. The lowest BCUT2D eigenvalue weighted by molar-refractivity contribution is 0.0428. The van der Waals surface area contributed by atoms with Crippen molar-refractivity contribution in [1.29, 1.82) is 0 Å². The van der Waals surface area contributed by atoms with E-state index < -0.39 is 5.97 Å². The Morgan fingerprint density at radius 2 is 1.83 bits per heavy atom. The maximum Gasteiger partial charge on any atom is 0.342 e. The van der Waals surface area contributed by atoms with Crippen LogP contribution in [-0.2, 0) is 11.3 Å². The van der Waals surface area contributed by atoms with Crippen LogP contribution in [0.3, 0.4) is 0 Å². The Labute approximate surface area is 172 Å². The van der Waals surface area contributed by atoms with Gasteiger partial charge < -0.3 is 9.26 Å². The SMILES string of the molecule is Cc1ccccc1-c1noc(COC(=O)c2c(C)nn(-c3ccc(F)cc3)c2C)n1. The Kier molecular flexibility index (Phi) is 5.14. The molecule has 0 saturated heterocycles. The minimum absolute atomic E-state index is 0.154. The zero-order chi connectivity index (χ0) is 21.3. The van der Waals surface area contributed by atoms with Crippen molar-refractivity contribution >= 4 is 5.97 Å². The van der Waals surface area contributed by atoms with Gasteiger partial charge in [0, 0.05) is 5.56 Å². The Hall–Kier alpha value is -3.81. The second-order valence-corrected chi connectivity index (χ2v) is 6.84. The van der Waals surface area contributed by atoms with E-state index in [0.29, 0.717) is 28.5 Å². The van der Waals surface area contributed by atoms with Gasteiger partial charge in [-0.05, 0) is 50.6 Å². The summed E-state index contributed by atoms with van der Waals surface area (Å²) in [5.41, 5.74) is 3.96. The van der Waals surface area contributed by atoms with Crippen LogP contribution < -0.4 is 0 Å².